The zero-order valence-corrected chi connectivity index (χ0v) is 17.2. The molecule has 0 radical (unpaired) electrons. The van der Waals surface area contributed by atoms with E-state index >= 15 is 0 Å². The first-order valence-corrected chi connectivity index (χ1v) is 9.54. The van der Waals surface area contributed by atoms with Crippen molar-refractivity contribution in [1.82, 2.24) is 9.88 Å². The number of likely N-dealkylation sites (tertiary alicyclic amines) is 1. The Balaban J connectivity index is 1.56. The number of methoxy groups -OCH3 is 1. The molecule has 1 amide bonds. The van der Waals surface area contributed by atoms with Crippen LogP contribution >= 0.6 is 0 Å². The summed E-state index contributed by atoms with van der Waals surface area (Å²) in [6.07, 6.45) is 1.60. The minimum Gasteiger partial charge on any atom is -0.481 e. The molecule has 2 heterocycles. The molecule has 1 aliphatic rings. The maximum atomic E-state index is 12.5. The van der Waals surface area contributed by atoms with Crippen LogP contribution in [0.15, 0.2) is 42.6 Å². The average Bonchev–Trinajstić information content (AvgIpc) is 3.15. The topological polar surface area (TPSA) is 78.0 Å². The van der Waals surface area contributed by atoms with Crippen LogP contribution in [0, 0.1) is 0 Å². The Hall–Kier alpha value is -3.09. The predicted molar refractivity (Wildman–Crippen MR) is 108 cm³/mol. The molecule has 29 heavy (non-hydrogen) atoms. The van der Waals surface area contributed by atoms with Gasteiger partial charge in [0, 0.05) is 30.8 Å². The van der Waals surface area contributed by atoms with Crippen LogP contribution in [0.2, 0.25) is 0 Å². The van der Waals surface area contributed by atoms with Gasteiger partial charge in [-0.3, -0.25) is 0 Å². The maximum Gasteiger partial charge on any atom is 0.410 e. The smallest absolute Gasteiger partial charge is 0.410 e. The minimum absolute atomic E-state index is 0.333. The molecule has 0 spiro atoms. The second-order valence-corrected chi connectivity index (χ2v) is 7.91. The van der Waals surface area contributed by atoms with E-state index < -0.39 is 11.6 Å². The van der Waals surface area contributed by atoms with Crippen molar-refractivity contribution in [3.63, 3.8) is 0 Å². The fourth-order valence-electron chi connectivity index (χ4n) is 3.01. The molecule has 3 rings (SSSR count). The molecule has 7 nitrogen and oxygen atoms in total. The van der Waals surface area contributed by atoms with Crippen molar-refractivity contribution in [3.8, 4) is 17.0 Å². The number of benzene rings is 1. The zero-order valence-electron chi connectivity index (χ0n) is 17.2. The third-order valence-corrected chi connectivity index (χ3v) is 4.47. The summed E-state index contributed by atoms with van der Waals surface area (Å²) < 4.78 is 16.0. The van der Waals surface area contributed by atoms with Gasteiger partial charge >= 0.3 is 12.1 Å². The summed E-state index contributed by atoms with van der Waals surface area (Å²) in [6.45, 7) is 6.32. The molecular weight excluding hydrogens is 372 g/mol. The number of nitrogens with zero attached hydrogens (tertiary/aromatic N) is 2. The lowest BCUT2D eigenvalue weighted by atomic mass is 10.1. The molecule has 0 bridgehead atoms. The van der Waals surface area contributed by atoms with E-state index in [0.29, 0.717) is 31.0 Å². The van der Waals surface area contributed by atoms with Gasteiger partial charge in [0.2, 0.25) is 5.88 Å². The van der Waals surface area contributed by atoms with E-state index in [-0.39, 0.29) is 12.2 Å². The highest BCUT2D eigenvalue weighted by Gasteiger charge is 2.32. The van der Waals surface area contributed by atoms with E-state index in [4.69, 9.17) is 14.2 Å². The molecule has 1 fully saturated rings. The first-order valence-electron chi connectivity index (χ1n) is 9.54. The molecule has 1 saturated heterocycles. The average molecular weight is 398 g/mol. The molecule has 1 aromatic heterocycles. The molecular formula is C22H26N2O5. The Morgan fingerprint density at radius 2 is 1.76 bits per heavy atom. The summed E-state index contributed by atoms with van der Waals surface area (Å²) in [5, 5.41) is 0. The largest absolute Gasteiger partial charge is 0.481 e. The number of amides is 1. The highest BCUT2D eigenvalue weighted by Crippen LogP contribution is 2.22. The van der Waals surface area contributed by atoms with Crippen molar-refractivity contribution in [3.05, 3.63) is 48.2 Å². The van der Waals surface area contributed by atoms with Crippen molar-refractivity contribution < 1.29 is 23.8 Å². The molecule has 2 aromatic rings. The number of aromatic nitrogens is 1. The van der Waals surface area contributed by atoms with Crippen molar-refractivity contribution in [2.75, 3.05) is 20.2 Å². The molecule has 154 valence electrons. The molecule has 7 heteroatoms. The number of esters is 1. The van der Waals surface area contributed by atoms with Crippen molar-refractivity contribution in [2.24, 2.45) is 0 Å². The standard InChI is InChI=1S/C22H26N2O5/c1-22(2,3)29-21(26)24-12-11-18(14-24)28-20(25)16-7-5-15(6-8-16)17-9-10-19(27-4)23-13-17/h5-10,13,18H,11-12,14H2,1-4H3/t18-/m1/s1. The molecule has 1 aromatic carbocycles. The lowest BCUT2D eigenvalue weighted by Crippen LogP contribution is -2.36. The number of carbonyl (C=O) groups is 2. The highest BCUT2D eigenvalue weighted by atomic mass is 16.6. The van der Waals surface area contributed by atoms with E-state index in [1.165, 1.54) is 0 Å². The Morgan fingerprint density at radius 1 is 1.07 bits per heavy atom. The quantitative estimate of drug-likeness (QED) is 0.727. The first kappa shape index (κ1) is 20.6. The lowest BCUT2D eigenvalue weighted by molar-refractivity contribution is 0.0191. The Labute approximate surface area is 170 Å². The SMILES string of the molecule is COc1ccc(-c2ccc(C(=O)O[C@@H]3CCN(C(=O)OC(C)(C)C)C3)cc2)cn1. The Morgan fingerprint density at radius 3 is 2.34 bits per heavy atom. The normalized spacial score (nSPS) is 16.4. The first-order chi connectivity index (χ1) is 13.7. The molecule has 1 atom stereocenters. The van der Waals surface area contributed by atoms with Gasteiger partial charge in [0.05, 0.1) is 19.2 Å². The molecule has 0 N–H and O–H groups in total. The van der Waals surface area contributed by atoms with Crippen LogP contribution in [0.5, 0.6) is 5.88 Å². The molecule has 0 saturated carbocycles. The highest BCUT2D eigenvalue weighted by molar-refractivity contribution is 5.90. The molecule has 1 aliphatic heterocycles. The predicted octanol–water partition coefficient (Wildman–Crippen LogP) is 3.92. The number of pyridine rings is 1. The van der Waals surface area contributed by atoms with E-state index in [0.717, 1.165) is 11.1 Å². The second kappa shape index (κ2) is 8.51. The van der Waals surface area contributed by atoms with Crippen molar-refractivity contribution >= 4 is 12.1 Å². The molecule has 0 aliphatic carbocycles. The van der Waals surface area contributed by atoms with Crippen LogP contribution < -0.4 is 4.74 Å². The van der Waals surface area contributed by atoms with Gasteiger partial charge in [-0.2, -0.15) is 0 Å². The van der Waals surface area contributed by atoms with Gasteiger partial charge in [-0.15, -0.1) is 0 Å². The van der Waals surface area contributed by atoms with Crippen LogP contribution in [0.3, 0.4) is 0 Å². The minimum atomic E-state index is -0.549. The van der Waals surface area contributed by atoms with Crippen molar-refractivity contribution in [1.29, 1.82) is 0 Å². The summed E-state index contributed by atoms with van der Waals surface area (Å²) >= 11 is 0. The third-order valence-electron chi connectivity index (χ3n) is 4.47. The summed E-state index contributed by atoms with van der Waals surface area (Å²) in [5.41, 5.74) is 1.78. The van der Waals surface area contributed by atoms with E-state index in [2.05, 4.69) is 4.98 Å². The van der Waals surface area contributed by atoms with Crippen LogP contribution in [-0.4, -0.2) is 53.9 Å². The van der Waals surface area contributed by atoms with E-state index in [9.17, 15) is 9.59 Å². The van der Waals surface area contributed by atoms with Crippen LogP contribution in [0.4, 0.5) is 4.79 Å². The van der Waals surface area contributed by atoms with Gasteiger partial charge in [0.1, 0.15) is 11.7 Å². The van der Waals surface area contributed by atoms with Crippen LogP contribution in [0.25, 0.3) is 11.1 Å². The third kappa shape index (κ3) is 5.47. The monoisotopic (exact) mass is 398 g/mol. The summed E-state index contributed by atoms with van der Waals surface area (Å²) in [5.74, 6) is 0.145. The van der Waals surface area contributed by atoms with E-state index in [1.807, 2.05) is 39.0 Å². The fourth-order valence-corrected chi connectivity index (χ4v) is 3.01. The number of rotatable bonds is 4. The van der Waals surface area contributed by atoms with Crippen molar-refractivity contribution in [2.45, 2.75) is 38.9 Å². The van der Waals surface area contributed by atoms with Gasteiger partial charge in [0.15, 0.2) is 0 Å². The molecule has 0 unspecified atom stereocenters. The zero-order chi connectivity index (χ0) is 21.0. The van der Waals surface area contributed by atoms with Crippen LogP contribution in [-0.2, 0) is 9.47 Å². The second-order valence-electron chi connectivity index (χ2n) is 7.91. The summed E-state index contributed by atoms with van der Waals surface area (Å²) in [7, 11) is 1.57. The van der Waals surface area contributed by atoms with Gasteiger partial charge in [-0.1, -0.05) is 12.1 Å². The number of ether oxygens (including phenoxy) is 3. The fraction of sp³-hybridized carbons (Fsp3) is 0.409. The Bertz CT molecular complexity index is 856. The number of hydrogen-bond acceptors (Lipinski definition) is 6. The van der Waals surface area contributed by atoms with Gasteiger partial charge in [-0.25, -0.2) is 14.6 Å². The summed E-state index contributed by atoms with van der Waals surface area (Å²) in [4.78, 5) is 30.3. The number of carbonyl (C=O) groups excluding carboxylic acids is 2. The Kier molecular flexibility index (Phi) is 6.06. The maximum absolute atomic E-state index is 12.5. The van der Waals surface area contributed by atoms with Gasteiger partial charge in [-0.05, 0) is 44.5 Å². The van der Waals surface area contributed by atoms with Gasteiger partial charge < -0.3 is 19.1 Å². The van der Waals surface area contributed by atoms with E-state index in [1.54, 1.807) is 36.4 Å². The lowest BCUT2D eigenvalue weighted by Gasteiger charge is -2.24. The van der Waals surface area contributed by atoms with Gasteiger partial charge in [0.25, 0.3) is 0 Å². The summed E-state index contributed by atoms with van der Waals surface area (Å²) in [6, 6.07) is 10.8. The number of hydrogen-bond donors (Lipinski definition) is 0. The van der Waals surface area contributed by atoms with Crippen LogP contribution in [0.1, 0.15) is 37.6 Å².